The van der Waals surface area contributed by atoms with Gasteiger partial charge in [-0.25, -0.2) is 9.97 Å². The van der Waals surface area contributed by atoms with Crippen molar-refractivity contribution in [2.45, 2.75) is 25.9 Å². The van der Waals surface area contributed by atoms with Crippen LogP contribution in [0.15, 0.2) is 25.0 Å². The maximum Gasteiger partial charge on any atom is 0.311 e. The van der Waals surface area contributed by atoms with Crippen LogP contribution in [0.4, 0.5) is 5.82 Å². The van der Waals surface area contributed by atoms with Crippen molar-refractivity contribution in [3.05, 3.63) is 30.7 Å². The molecule has 0 saturated carbocycles. The molecule has 1 saturated heterocycles. The van der Waals surface area contributed by atoms with E-state index < -0.39 is 11.4 Å². The van der Waals surface area contributed by atoms with Gasteiger partial charge in [0.25, 0.3) is 0 Å². The number of hydrogen-bond acceptors (Lipinski definition) is 5. The number of nitrogens with zero attached hydrogens (tertiary/aromatic N) is 3. The molecule has 2 rings (SSSR count). The lowest BCUT2D eigenvalue weighted by Gasteiger charge is -2.40. The second-order valence-electron chi connectivity index (χ2n) is 5.40. The average Bonchev–Trinajstić information content (AvgIpc) is 2.48. The van der Waals surface area contributed by atoms with Gasteiger partial charge in [0.05, 0.1) is 17.7 Å². The van der Waals surface area contributed by atoms with Crippen molar-refractivity contribution in [3.8, 4) is 0 Å². The zero-order chi connectivity index (χ0) is 15.3. The quantitative estimate of drug-likeness (QED) is 0.806. The fraction of sp³-hybridized carbons (Fsp3) is 0.533. The van der Waals surface area contributed by atoms with Crippen molar-refractivity contribution in [1.82, 2.24) is 9.97 Å². The van der Waals surface area contributed by atoms with Crippen molar-refractivity contribution in [2.24, 2.45) is 5.41 Å². The second kappa shape index (κ2) is 6.67. The highest BCUT2D eigenvalue weighted by molar-refractivity contribution is 5.76. The van der Waals surface area contributed by atoms with Crippen LogP contribution >= 0.6 is 0 Å². The van der Waals surface area contributed by atoms with E-state index in [0.717, 1.165) is 24.5 Å². The molecule has 0 aromatic carbocycles. The van der Waals surface area contributed by atoms with E-state index in [-0.39, 0.29) is 0 Å². The molecule has 1 fully saturated rings. The predicted octanol–water partition coefficient (Wildman–Crippen LogP) is 1.87. The van der Waals surface area contributed by atoms with Gasteiger partial charge in [0.2, 0.25) is 0 Å². The molecule has 1 aromatic heterocycles. The summed E-state index contributed by atoms with van der Waals surface area (Å²) in [5, 5.41) is 9.60. The van der Waals surface area contributed by atoms with Gasteiger partial charge < -0.3 is 14.7 Å². The molecule has 21 heavy (non-hydrogen) atoms. The van der Waals surface area contributed by atoms with Gasteiger partial charge in [-0.05, 0) is 19.3 Å². The van der Waals surface area contributed by atoms with Gasteiger partial charge >= 0.3 is 5.97 Å². The van der Waals surface area contributed by atoms with Crippen LogP contribution in [0.1, 0.15) is 25.0 Å². The number of aliphatic carboxylic acids is 1. The minimum absolute atomic E-state index is 0.417. The van der Waals surface area contributed by atoms with Gasteiger partial charge in [-0.2, -0.15) is 0 Å². The van der Waals surface area contributed by atoms with Crippen LogP contribution < -0.4 is 4.90 Å². The van der Waals surface area contributed by atoms with Gasteiger partial charge in [0.15, 0.2) is 0 Å². The third-order valence-corrected chi connectivity index (χ3v) is 3.89. The molecule has 1 unspecified atom stereocenters. The average molecular weight is 291 g/mol. The molecule has 114 valence electrons. The summed E-state index contributed by atoms with van der Waals surface area (Å²) in [6, 6.07) is 1.86. The van der Waals surface area contributed by atoms with Gasteiger partial charge in [-0.1, -0.05) is 6.08 Å². The molecule has 1 aromatic rings. The Bertz CT molecular complexity index is 521. The maximum atomic E-state index is 11.7. The number of piperidine rings is 1. The van der Waals surface area contributed by atoms with E-state index in [0.29, 0.717) is 26.0 Å². The van der Waals surface area contributed by atoms with Crippen molar-refractivity contribution >= 4 is 11.8 Å². The second-order valence-corrected chi connectivity index (χ2v) is 5.40. The van der Waals surface area contributed by atoms with Crippen LogP contribution in [0, 0.1) is 5.41 Å². The number of allylic oxidation sites excluding steroid dienone is 1. The number of methoxy groups -OCH3 is 1. The topological polar surface area (TPSA) is 75.5 Å². The molecule has 2 heterocycles. The zero-order valence-electron chi connectivity index (χ0n) is 12.3. The third kappa shape index (κ3) is 3.39. The van der Waals surface area contributed by atoms with E-state index in [9.17, 15) is 9.90 Å². The van der Waals surface area contributed by atoms with Crippen LogP contribution in [0.25, 0.3) is 0 Å². The summed E-state index contributed by atoms with van der Waals surface area (Å²) in [4.78, 5) is 22.1. The lowest BCUT2D eigenvalue weighted by Crippen LogP contribution is -2.48. The first kappa shape index (κ1) is 15.4. The Kier molecular flexibility index (Phi) is 4.90. The molecule has 1 N–H and O–H groups in total. The Morgan fingerprint density at radius 1 is 1.62 bits per heavy atom. The number of aromatic nitrogens is 2. The molecule has 0 aliphatic carbocycles. The molecule has 1 atom stereocenters. The van der Waals surface area contributed by atoms with Gasteiger partial charge in [0.1, 0.15) is 12.1 Å². The standard InChI is InChI=1S/C15H21N3O3/c1-3-5-15(14(19)20)6-4-7-18(10-15)13-8-12(9-21-2)16-11-17-13/h3,8,11H,1,4-7,9-10H2,2H3,(H,19,20). The fourth-order valence-electron chi connectivity index (χ4n) is 2.82. The van der Waals surface area contributed by atoms with E-state index in [1.807, 2.05) is 11.0 Å². The monoisotopic (exact) mass is 291 g/mol. The molecule has 0 spiro atoms. The molecule has 1 aliphatic heterocycles. The van der Waals surface area contributed by atoms with Crippen molar-refractivity contribution in [3.63, 3.8) is 0 Å². The van der Waals surface area contributed by atoms with E-state index in [4.69, 9.17) is 4.74 Å². The first-order valence-electron chi connectivity index (χ1n) is 7.00. The Morgan fingerprint density at radius 3 is 3.10 bits per heavy atom. The lowest BCUT2D eigenvalue weighted by atomic mass is 9.77. The Hall–Kier alpha value is -1.95. The Labute approximate surface area is 124 Å². The summed E-state index contributed by atoms with van der Waals surface area (Å²) in [6.45, 7) is 5.35. The van der Waals surface area contributed by atoms with Crippen molar-refractivity contribution < 1.29 is 14.6 Å². The normalized spacial score (nSPS) is 22.0. The maximum absolute atomic E-state index is 11.7. The zero-order valence-corrected chi connectivity index (χ0v) is 12.3. The lowest BCUT2D eigenvalue weighted by molar-refractivity contribution is -0.149. The molecule has 0 bridgehead atoms. The number of carbonyl (C=O) groups is 1. The Morgan fingerprint density at radius 2 is 2.43 bits per heavy atom. The summed E-state index contributed by atoms with van der Waals surface area (Å²) in [6.07, 6.45) is 5.14. The van der Waals surface area contributed by atoms with Crippen LogP contribution in [0.2, 0.25) is 0 Å². The van der Waals surface area contributed by atoms with E-state index in [1.54, 1.807) is 13.2 Å². The number of carboxylic acids is 1. The summed E-state index contributed by atoms with van der Waals surface area (Å²) >= 11 is 0. The molecule has 0 radical (unpaired) electrons. The highest BCUT2D eigenvalue weighted by Crippen LogP contribution is 2.35. The van der Waals surface area contributed by atoms with Gasteiger partial charge in [-0.15, -0.1) is 6.58 Å². The fourth-order valence-corrected chi connectivity index (χ4v) is 2.82. The highest BCUT2D eigenvalue weighted by atomic mass is 16.5. The first-order chi connectivity index (χ1) is 10.1. The van der Waals surface area contributed by atoms with Crippen LogP contribution in [0.3, 0.4) is 0 Å². The van der Waals surface area contributed by atoms with Gasteiger partial charge in [-0.3, -0.25) is 4.79 Å². The minimum Gasteiger partial charge on any atom is -0.481 e. The predicted molar refractivity (Wildman–Crippen MR) is 79.1 cm³/mol. The van der Waals surface area contributed by atoms with E-state index >= 15 is 0 Å². The van der Waals surface area contributed by atoms with Crippen molar-refractivity contribution in [2.75, 3.05) is 25.1 Å². The molecular formula is C15H21N3O3. The summed E-state index contributed by atoms with van der Waals surface area (Å²) < 4.78 is 5.07. The van der Waals surface area contributed by atoms with E-state index in [2.05, 4.69) is 16.5 Å². The molecule has 1 aliphatic rings. The summed E-state index contributed by atoms with van der Waals surface area (Å²) in [7, 11) is 1.61. The molecule has 6 heteroatoms. The number of ether oxygens (including phenoxy) is 1. The minimum atomic E-state index is -0.771. The highest BCUT2D eigenvalue weighted by Gasteiger charge is 2.41. The Balaban J connectivity index is 2.22. The SMILES string of the molecule is C=CCC1(C(=O)O)CCCN(c2cc(COC)ncn2)C1. The first-order valence-corrected chi connectivity index (χ1v) is 7.00. The van der Waals surface area contributed by atoms with Crippen molar-refractivity contribution in [1.29, 1.82) is 0 Å². The molecular weight excluding hydrogens is 270 g/mol. The van der Waals surface area contributed by atoms with Crippen LogP contribution in [-0.4, -0.2) is 41.2 Å². The third-order valence-electron chi connectivity index (χ3n) is 3.89. The molecule has 6 nitrogen and oxygen atoms in total. The van der Waals surface area contributed by atoms with Gasteiger partial charge in [0, 0.05) is 26.3 Å². The smallest absolute Gasteiger partial charge is 0.311 e. The number of carboxylic acid groups (broad SMARTS) is 1. The summed E-state index contributed by atoms with van der Waals surface area (Å²) in [5.74, 6) is -0.00953. The van der Waals surface area contributed by atoms with Crippen LogP contribution in [-0.2, 0) is 16.1 Å². The van der Waals surface area contributed by atoms with Crippen LogP contribution in [0.5, 0.6) is 0 Å². The summed E-state index contributed by atoms with van der Waals surface area (Å²) in [5.41, 5.74) is 0.0181. The number of rotatable bonds is 6. The largest absolute Gasteiger partial charge is 0.481 e. The van der Waals surface area contributed by atoms with E-state index in [1.165, 1.54) is 6.33 Å². The number of anilines is 1. The number of hydrogen-bond donors (Lipinski definition) is 1. The molecule has 0 amide bonds.